The third-order valence-electron chi connectivity index (χ3n) is 3.63. The molecule has 2 rings (SSSR count). The van der Waals surface area contributed by atoms with Crippen molar-refractivity contribution in [2.75, 3.05) is 6.61 Å². The number of hydrogen-bond acceptors (Lipinski definition) is 3. The zero-order valence-electron chi connectivity index (χ0n) is 11.9. The van der Waals surface area contributed by atoms with E-state index in [1.807, 2.05) is 0 Å². The highest BCUT2D eigenvalue weighted by atomic mass is 19.4. The summed E-state index contributed by atoms with van der Waals surface area (Å²) in [5.41, 5.74) is 0.465. The van der Waals surface area contributed by atoms with Crippen molar-refractivity contribution in [2.24, 2.45) is 5.92 Å². The summed E-state index contributed by atoms with van der Waals surface area (Å²) in [7, 11) is 0. The van der Waals surface area contributed by atoms with Crippen LogP contribution in [0.5, 0.6) is 5.75 Å². The zero-order chi connectivity index (χ0) is 16.2. The highest BCUT2D eigenvalue weighted by Gasteiger charge is 2.31. The van der Waals surface area contributed by atoms with Crippen LogP contribution >= 0.6 is 0 Å². The van der Waals surface area contributed by atoms with E-state index in [0.29, 0.717) is 18.4 Å². The topological polar surface area (TPSA) is 58.6 Å². The Bertz CT molecular complexity index is 519. The van der Waals surface area contributed by atoms with E-state index in [1.165, 1.54) is 6.07 Å². The number of carbonyl (C=O) groups excluding carboxylic acids is 1. The van der Waals surface area contributed by atoms with Gasteiger partial charge in [0.1, 0.15) is 5.75 Å². The Hall–Kier alpha value is -1.76. The molecule has 0 saturated heterocycles. The maximum absolute atomic E-state index is 12.2. The lowest BCUT2D eigenvalue weighted by Gasteiger charge is -2.16. The van der Waals surface area contributed by atoms with E-state index in [9.17, 15) is 23.1 Å². The quantitative estimate of drug-likeness (QED) is 0.877. The van der Waals surface area contributed by atoms with Gasteiger partial charge in [0.2, 0.25) is 5.91 Å². The SMILES string of the molecule is O=C(NCc1ccccc1OCC(F)(F)F)C1CCCC1O. The Kier molecular flexibility index (Phi) is 5.28. The molecule has 0 radical (unpaired) electrons. The number of alkyl halides is 3. The maximum atomic E-state index is 12.2. The van der Waals surface area contributed by atoms with E-state index in [2.05, 4.69) is 5.32 Å². The minimum atomic E-state index is -4.41. The standard InChI is InChI=1S/C15H18F3NO3/c16-15(17,18)9-22-13-7-2-1-4-10(13)8-19-14(21)11-5-3-6-12(11)20/h1-2,4,7,11-12,20H,3,5-6,8-9H2,(H,19,21). The number of hydrogen-bond donors (Lipinski definition) is 2. The molecule has 0 aromatic heterocycles. The third kappa shape index (κ3) is 4.62. The Balaban J connectivity index is 1.93. The fourth-order valence-electron chi connectivity index (χ4n) is 2.51. The van der Waals surface area contributed by atoms with Gasteiger partial charge >= 0.3 is 6.18 Å². The summed E-state index contributed by atoms with van der Waals surface area (Å²) in [6.07, 6.45) is -3.03. The average molecular weight is 317 g/mol. The molecule has 4 nitrogen and oxygen atoms in total. The second-order valence-corrected chi connectivity index (χ2v) is 5.33. The van der Waals surface area contributed by atoms with Crippen molar-refractivity contribution in [2.45, 2.75) is 38.1 Å². The van der Waals surface area contributed by atoms with Crippen molar-refractivity contribution in [1.82, 2.24) is 5.32 Å². The van der Waals surface area contributed by atoms with Crippen LogP contribution in [-0.2, 0) is 11.3 Å². The molecule has 0 heterocycles. The van der Waals surface area contributed by atoms with Gasteiger partial charge in [0.05, 0.1) is 12.0 Å². The number of amides is 1. The van der Waals surface area contributed by atoms with Crippen molar-refractivity contribution in [3.05, 3.63) is 29.8 Å². The molecule has 2 atom stereocenters. The van der Waals surface area contributed by atoms with Gasteiger partial charge in [-0.05, 0) is 25.3 Å². The second kappa shape index (κ2) is 7.00. The Labute approximate surface area is 126 Å². The van der Waals surface area contributed by atoms with Gasteiger partial charge in [-0.2, -0.15) is 13.2 Å². The Morgan fingerprint density at radius 1 is 1.32 bits per heavy atom. The minimum absolute atomic E-state index is 0.0656. The molecule has 0 aliphatic heterocycles. The first-order valence-electron chi connectivity index (χ1n) is 7.10. The molecule has 1 aliphatic carbocycles. The Morgan fingerprint density at radius 3 is 2.68 bits per heavy atom. The van der Waals surface area contributed by atoms with Crippen LogP contribution in [0.15, 0.2) is 24.3 Å². The van der Waals surface area contributed by atoms with Gasteiger partial charge in [-0.3, -0.25) is 4.79 Å². The number of carbonyl (C=O) groups is 1. The average Bonchev–Trinajstić information content (AvgIpc) is 2.89. The van der Waals surface area contributed by atoms with Crippen molar-refractivity contribution in [3.8, 4) is 5.75 Å². The summed E-state index contributed by atoms with van der Waals surface area (Å²) >= 11 is 0. The van der Waals surface area contributed by atoms with E-state index < -0.39 is 24.8 Å². The van der Waals surface area contributed by atoms with Gasteiger partial charge in [-0.1, -0.05) is 18.2 Å². The normalized spacial score (nSPS) is 21.6. The molecule has 122 valence electrons. The molecule has 2 N–H and O–H groups in total. The molecule has 1 aromatic rings. The first-order chi connectivity index (χ1) is 10.4. The summed E-state index contributed by atoms with van der Waals surface area (Å²) in [6, 6.07) is 6.25. The molecular formula is C15H18F3NO3. The molecule has 7 heteroatoms. The molecule has 0 bridgehead atoms. The number of para-hydroxylation sites is 1. The largest absolute Gasteiger partial charge is 0.484 e. The Morgan fingerprint density at radius 2 is 2.05 bits per heavy atom. The van der Waals surface area contributed by atoms with Gasteiger partial charge in [0.25, 0.3) is 0 Å². The second-order valence-electron chi connectivity index (χ2n) is 5.33. The van der Waals surface area contributed by atoms with Gasteiger partial charge in [-0.15, -0.1) is 0 Å². The van der Waals surface area contributed by atoms with Crippen molar-refractivity contribution in [1.29, 1.82) is 0 Å². The molecule has 1 aliphatic rings. The fraction of sp³-hybridized carbons (Fsp3) is 0.533. The monoisotopic (exact) mass is 317 g/mol. The maximum Gasteiger partial charge on any atom is 0.422 e. The van der Waals surface area contributed by atoms with Crippen LogP contribution in [0, 0.1) is 5.92 Å². The number of ether oxygens (including phenoxy) is 1. The summed E-state index contributed by atoms with van der Waals surface area (Å²) in [4.78, 5) is 12.0. The van der Waals surface area contributed by atoms with Crippen LogP contribution in [0.1, 0.15) is 24.8 Å². The van der Waals surface area contributed by atoms with E-state index in [1.54, 1.807) is 18.2 Å². The van der Waals surface area contributed by atoms with Crippen molar-refractivity contribution >= 4 is 5.91 Å². The third-order valence-corrected chi connectivity index (χ3v) is 3.63. The smallest absolute Gasteiger partial charge is 0.422 e. The van der Waals surface area contributed by atoms with Crippen LogP contribution < -0.4 is 10.1 Å². The summed E-state index contributed by atoms with van der Waals surface area (Å²) in [6.45, 7) is -1.31. The van der Waals surface area contributed by atoms with Gasteiger partial charge in [-0.25, -0.2) is 0 Å². The molecule has 1 aromatic carbocycles. The molecule has 1 fully saturated rings. The van der Waals surface area contributed by atoms with E-state index in [-0.39, 0.29) is 18.2 Å². The highest BCUT2D eigenvalue weighted by Crippen LogP contribution is 2.26. The predicted octanol–water partition coefficient (Wildman–Crippen LogP) is 2.40. The number of rotatable bonds is 5. The minimum Gasteiger partial charge on any atom is -0.484 e. The van der Waals surface area contributed by atoms with Crippen LogP contribution in [0.25, 0.3) is 0 Å². The first-order valence-corrected chi connectivity index (χ1v) is 7.10. The molecular weight excluding hydrogens is 299 g/mol. The molecule has 0 spiro atoms. The van der Waals surface area contributed by atoms with E-state index >= 15 is 0 Å². The molecule has 2 unspecified atom stereocenters. The number of aliphatic hydroxyl groups is 1. The lowest BCUT2D eigenvalue weighted by Crippen LogP contribution is -2.34. The highest BCUT2D eigenvalue weighted by molar-refractivity contribution is 5.79. The van der Waals surface area contributed by atoms with E-state index in [4.69, 9.17) is 4.74 Å². The zero-order valence-corrected chi connectivity index (χ0v) is 11.9. The van der Waals surface area contributed by atoms with Gasteiger partial charge < -0.3 is 15.2 Å². The lowest BCUT2D eigenvalue weighted by molar-refractivity contribution is -0.153. The number of aliphatic hydroxyl groups excluding tert-OH is 1. The van der Waals surface area contributed by atoms with Crippen LogP contribution in [0.4, 0.5) is 13.2 Å². The molecule has 22 heavy (non-hydrogen) atoms. The van der Waals surface area contributed by atoms with Crippen LogP contribution in [0.3, 0.4) is 0 Å². The van der Waals surface area contributed by atoms with Gasteiger partial charge in [0.15, 0.2) is 6.61 Å². The number of benzene rings is 1. The van der Waals surface area contributed by atoms with E-state index in [0.717, 1.165) is 6.42 Å². The van der Waals surface area contributed by atoms with Crippen molar-refractivity contribution < 1.29 is 27.8 Å². The van der Waals surface area contributed by atoms with Crippen molar-refractivity contribution in [3.63, 3.8) is 0 Å². The predicted molar refractivity (Wildman–Crippen MR) is 73.2 cm³/mol. The fourth-order valence-corrected chi connectivity index (χ4v) is 2.51. The van der Waals surface area contributed by atoms with Crippen LogP contribution in [-0.4, -0.2) is 29.9 Å². The first kappa shape index (κ1) is 16.6. The number of nitrogens with one attached hydrogen (secondary N) is 1. The summed E-state index contributed by atoms with van der Waals surface area (Å²) in [5.74, 6) is -0.633. The summed E-state index contributed by atoms with van der Waals surface area (Å²) < 4.78 is 41.4. The lowest BCUT2D eigenvalue weighted by atomic mass is 10.1. The number of halogens is 3. The molecule has 1 saturated carbocycles. The van der Waals surface area contributed by atoms with Gasteiger partial charge in [0, 0.05) is 12.1 Å². The summed E-state index contributed by atoms with van der Waals surface area (Å²) in [5, 5.41) is 12.3. The molecule has 1 amide bonds. The van der Waals surface area contributed by atoms with Crippen LogP contribution in [0.2, 0.25) is 0 Å².